The van der Waals surface area contributed by atoms with Crippen LogP contribution in [0.5, 0.6) is 0 Å². The second-order valence-corrected chi connectivity index (χ2v) is 7.53. The Balaban J connectivity index is 1.96. The lowest BCUT2D eigenvalue weighted by atomic mass is 10.1. The number of sulfonamides is 1. The van der Waals surface area contributed by atoms with E-state index in [0.717, 1.165) is 4.31 Å². The van der Waals surface area contributed by atoms with Crippen LogP contribution in [-0.2, 0) is 14.8 Å². The van der Waals surface area contributed by atoms with Crippen LogP contribution in [0.1, 0.15) is 5.56 Å². The second-order valence-electron chi connectivity index (χ2n) is 5.62. The van der Waals surface area contributed by atoms with Crippen molar-refractivity contribution in [2.24, 2.45) is 0 Å². The Morgan fingerprint density at radius 1 is 1.28 bits per heavy atom. The van der Waals surface area contributed by atoms with Gasteiger partial charge in [0.15, 0.2) is 11.9 Å². The average Bonchev–Trinajstić information content (AvgIpc) is 3.09. The first-order valence-corrected chi connectivity index (χ1v) is 8.84. The lowest BCUT2D eigenvalue weighted by molar-refractivity contribution is -0.231. The van der Waals surface area contributed by atoms with E-state index < -0.39 is 28.8 Å². The molecule has 0 unspecified atom stereocenters. The fourth-order valence-electron chi connectivity index (χ4n) is 2.58. The number of alkyl halides is 3. The van der Waals surface area contributed by atoms with E-state index in [9.17, 15) is 21.6 Å². The highest BCUT2D eigenvalue weighted by Crippen LogP contribution is 2.31. The van der Waals surface area contributed by atoms with Gasteiger partial charge in [-0.15, -0.1) is 0 Å². The van der Waals surface area contributed by atoms with Gasteiger partial charge in [-0.2, -0.15) is 17.5 Å². The molecule has 1 aromatic carbocycles. The normalized spacial score (nSPS) is 19.9. The minimum absolute atomic E-state index is 0.0655. The molecule has 0 radical (unpaired) electrons. The molecule has 0 amide bonds. The first-order chi connectivity index (χ1) is 11.7. The van der Waals surface area contributed by atoms with Crippen molar-refractivity contribution in [2.45, 2.75) is 24.1 Å². The van der Waals surface area contributed by atoms with Crippen molar-refractivity contribution in [1.29, 1.82) is 0 Å². The summed E-state index contributed by atoms with van der Waals surface area (Å²) in [4.78, 5) is -0.0655. The summed E-state index contributed by atoms with van der Waals surface area (Å²) >= 11 is 0. The summed E-state index contributed by atoms with van der Waals surface area (Å²) in [6.45, 7) is 0.363. The van der Waals surface area contributed by atoms with Crippen molar-refractivity contribution in [3.8, 4) is 11.3 Å². The van der Waals surface area contributed by atoms with Gasteiger partial charge < -0.3 is 9.26 Å². The van der Waals surface area contributed by atoms with Crippen molar-refractivity contribution in [3.05, 3.63) is 36.0 Å². The van der Waals surface area contributed by atoms with Crippen LogP contribution in [0.2, 0.25) is 0 Å². The number of aryl methyl sites for hydroxylation is 1. The van der Waals surface area contributed by atoms with Crippen LogP contribution in [0.15, 0.2) is 39.9 Å². The number of hydrogen-bond donors (Lipinski definition) is 0. The van der Waals surface area contributed by atoms with Gasteiger partial charge in [-0.1, -0.05) is 17.3 Å². The Labute approximate surface area is 142 Å². The zero-order chi connectivity index (χ0) is 18.2. The highest BCUT2D eigenvalue weighted by Gasteiger charge is 2.46. The Hall–Kier alpha value is -1.91. The van der Waals surface area contributed by atoms with E-state index in [4.69, 9.17) is 4.52 Å². The summed E-state index contributed by atoms with van der Waals surface area (Å²) in [7, 11) is -4.11. The fourth-order valence-corrected chi connectivity index (χ4v) is 4.25. The molecule has 1 fully saturated rings. The number of rotatable bonds is 3. The monoisotopic (exact) mass is 376 g/mol. The Morgan fingerprint density at radius 2 is 2.04 bits per heavy atom. The molecule has 25 heavy (non-hydrogen) atoms. The van der Waals surface area contributed by atoms with E-state index in [1.807, 2.05) is 0 Å². The zero-order valence-electron chi connectivity index (χ0n) is 13.2. The third-order valence-corrected chi connectivity index (χ3v) is 5.93. The highest BCUT2D eigenvalue weighted by molar-refractivity contribution is 7.89. The lowest BCUT2D eigenvalue weighted by Gasteiger charge is -2.33. The van der Waals surface area contributed by atoms with E-state index in [1.54, 1.807) is 25.1 Å². The molecule has 1 saturated heterocycles. The fraction of sp³-hybridized carbons (Fsp3) is 0.400. The van der Waals surface area contributed by atoms with Crippen molar-refractivity contribution >= 4 is 10.0 Å². The summed E-state index contributed by atoms with van der Waals surface area (Å²) in [6.07, 6.45) is -5.33. The third-order valence-electron chi connectivity index (χ3n) is 3.92. The molecule has 2 heterocycles. The van der Waals surface area contributed by atoms with E-state index >= 15 is 0 Å². The molecule has 1 aliphatic heterocycles. The van der Waals surface area contributed by atoms with Gasteiger partial charge in [0, 0.05) is 24.7 Å². The number of nitrogens with zero attached hydrogens (tertiary/aromatic N) is 2. The van der Waals surface area contributed by atoms with Crippen LogP contribution in [0, 0.1) is 6.92 Å². The zero-order valence-corrected chi connectivity index (χ0v) is 14.0. The van der Waals surface area contributed by atoms with Crippen LogP contribution in [-0.4, -0.2) is 49.9 Å². The summed E-state index contributed by atoms with van der Waals surface area (Å²) in [6, 6.07) is 6.18. The first-order valence-electron chi connectivity index (χ1n) is 7.40. The number of halogens is 3. The molecule has 1 aromatic heterocycles. The molecule has 1 atom stereocenters. The van der Waals surface area contributed by atoms with Gasteiger partial charge in [-0.3, -0.25) is 0 Å². The van der Waals surface area contributed by atoms with Gasteiger partial charge >= 0.3 is 6.18 Å². The van der Waals surface area contributed by atoms with Gasteiger partial charge in [-0.25, -0.2) is 8.42 Å². The molecule has 10 heteroatoms. The maximum absolute atomic E-state index is 12.9. The molecule has 0 bridgehead atoms. The Morgan fingerprint density at radius 3 is 2.68 bits per heavy atom. The van der Waals surface area contributed by atoms with Crippen LogP contribution in [0.25, 0.3) is 11.3 Å². The summed E-state index contributed by atoms with van der Waals surface area (Å²) in [5.74, 6) is 0.367. The van der Waals surface area contributed by atoms with Gasteiger partial charge in [-0.05, 0) is 18.6 Å². The van der Waals surface area contributed by atoms with Gasteiger partial charge in [0.05, 0.1) is 17.7 Å². The minimum atomic E-state index is -4.62. The molecule has 0 spiro atoms. The van der Waals surface area contributed by atoms with Gasteiger partial charge in [0.1, 0.15) is 0 Å². The molecular weight excluding hydrogens is 361 g/mol. The molecular formula is C15H15F3N2O4S. The van der Waals surface area contributed by atoms with Crippen LogP contribution in [0.3, 0.4) is 0 Å². The molecule has 6 nitrogen and oxygen atoms in total. The maximum atomic E-state index is 12.9. The van der Waals surface area contributed by atoms with Crippen molar-refractivity contribution in [1.82, 2.24) is 9.46 Å². The standard InChI is InChI=1S/C15H15F3N2O4S/c1-10-2-3-11(12-4-5-19-24-12)8-13(10)25(21,22)20-6-7-23-14(9-20)15(16,17)18/h2-5,8,14H,6-7,9H2,1H3/t14-/m0/s1. The maximum Gasteiger partial charge on any atom is 0.415 e. The molecule has 0 aliphatic carbocycles. The number of hydrogen-bond acceptors (Lipinski definition) is 5. The van der Waals surface area contributed by atoms with Crippen LogP contribution >= 0.6 is 0 Å². The summed E-state index contributed by atoms with van der Waals surface area (Å²) < 4.78 is 74.8. The van der Waals surface area contributed by atoms with E-state index in [1.165, 1.54) is 12.3 Å². The topological polar surface area (TPSA) is 72.6 Å². The predicted molar refractivity (Wildman–Crippen MR) is 81.2 cm³/mol. The summed E-state index contributed by atoms with van der Waals surface area (Å²) in [5, 5.41) is 3.56. The van der Waals surface area contributed by atoms with Gasteiger partial charge in [0.25, 0.3) is 0 Å². The molecule has 1 aliphatic rings. The largest absolute Gasteiger partial charge is 0.415 e. The lowest BCUT2D eigenvalue weighted by Crippen LogP contribution is -2.51. The van der Waals surface area contributed by atoms with Crippen molar-refractivity contribution in [3.63, 3.8) is 0 Å². The summed E-state index contributed by atoms with van der Waals surface area (Å²) in [5.41, 5.74) is 0.903. The average molecular weight is 376 g/mol. The third kappa shape index (κ3) is 3.55. The van der Waals surface area contributed by atoms with Crippen LogP contribution in [0.4, 0.5) is 13.2 Å². The van der Waals surface area contributed by atoms with Crippen molar-refractivity contribution in [2.75, 3.05) is 19.7 Å². The number of ether oxygens (including phenoxy) is 1. The Kier molecular flexibility index (Phi) is 4.60. The number of aromatic nitrogens is 1. The van der Waals surface area contributed by atoms with E-state index in [0.29, 0.717) is 16.9 Å². The first kappa shape index (κ1) is 17.9. The second kappa shape index (κ2) is 6.43. The number of benzene rings is 1. The SMILES string of the molecule is Cc1ccc(-c2ccno2)cc1S(=O)(=O)N1CCO[C@H](C(F)(F)F)C1. The van der Waals surface area contributed by atoms with Gasteiger partial charge in [0.2, 0.25) is 10.0 Å². The smallest absolute Gasteiger partial charge is 0.366 e. The molecule has 2 aromatic rings. The minimum Gasteiger partial charge on any atom is -0.366 e. The Bertz CT molecular complexity index is 850. The molecule has 3 rings (SSSR count). The van der Waals surface area contributed by atoms with Crippen molar-refractivity contribution < 1.29 is 30.8 Å². The molecule has 0 N–H and O–H groups in total. The quantitative estimate of drug-likeness (QED) is 0.823. The highest BCUT2D eigenvalue weighted by atomic mass is 32.2. The van der Waals surface area contributed by atoms with E-state index in [2.05, 4.69) is 9.89 Å². The molecule has 136 valence electrons. The van der Waals surface area contributed by atoms with Crippen LogP contribution < -0.4 is 0 Å². The molecule has 0 saturated carbocycles. The van der Waals surface area contributed by atoms with E-state index in [-0.39, 0.29) is 18.0 Å². The predicted octanol–water partition coefficient (Wildman–Crippen LogP) is 2.60. The number of morpholine rings is 1.